The number of carbonyl (C=O) groups is 1. The van der Waals surface area contributed by atoms with Crippen molar-refractivity contribution in [3.63, 3.8) is 0 Å². The predicted molar refractivity (Wildman–Crippen MR) is 108 cm³/mol. The molecule has 0 saturated heterocycles. The minimum atomic E-state index is -1.22. The monoisotopic (exact) mass is 387 g/mol. The van der Waals surface area contributed by atoms with Gasteiger partial charge in [0.05, 0.1) is 13.2 Å². The van der Waals surface area contributed by atoms with Gasteiger partial charge >= 0.3 is 0 Å². The van der Waals surface area contributed by atoms with E-state index in [-0.39, 0.29) is 12.7 Å². The highest BCUT2D eigenvalue weighted by molar-refractivity contribution is 5.80. The van der Waals surface area contributed by atoms with Crippen LogP contribution in [-0.4, -0.2) is 43.5 Å². The van der Waals surface area contributed by atoms with Crippen LogP contribution in [0.2, 0.25) is 0 Å². The minimum absolute atomic E-state index is 0.0580. The molecule has 0 bridgehead atoms. The van der Waals surface area contributed by atoms with Gasteiger partial charge in [-0.1, -0.05) is 23.8 Å². The Kier molecular flexibility index (Phi) is 8.14. The van der Waals surface area contributed by atoms with Gasteiger partial charge in [0.2, 0.25) is 0 Å². The molecule has 152 valence electrons. The number of methoxy groups -OCH3 is 1. The summed E-state index contributed by atoms with van der Waals surface area (Å²) >= 11 is 0. The van der Waals surface area contributed by atoms with Gasteiger partial charge < -0.3 is 24.6 Å². The van der Waals surface area contributed by atoms with Crippen molar-refractivity contribution >= 4 is 5.91 Å². The van der Waals surface area contributed by atoms with E-state index in [4.69, 9.17) is 14.2 Å². The van der Waals surface area contributed by atoms with Gasteiger partial charge in [0.15, 0.2) is 17.6 Å². The molecule has 0 radical (unpaired) electrons. The lowest BCUT2D eigenvalue weighted by Gasteiger charge is -2.15. The molecule has 0 aliphatic carbocycles. The number of amides is 1. The van der Waals surface area contributed by atoms with Crippen molar-refractivity contribution in [2.45, 2.75) is 39.4 Å². The van der Waals surface area contributed by atoms with Crippen LogP contribution in [-0.2, 0) is 11.2 Å². The van der Waals surface area contributed by atoms with Gasteiger partial charge in [0.25, 0.3) is 5.91 Å². The fraction of sp³-hybridized carbons (Fsp3) is 0.409. The topological polar surface area (TPSA) is 77.0 Å². The van der Waals surface area contributed by atoms with Crippen LogP contribution in [0.4, 0.5) is 0 Å². The number of ether oxygens (including phenoxy) is 3. The van der Waals surface area contributed by atoms with Crippen molar-refractivity contribution in [1.29, 1.82) is 0 Å². The van der Waals surface area contributed by atoms with Crippen LogP contribution < -0.4 is 19.5 Å². The van der Waals surface area contributed by atoms with Crippen molar-refractivity contribution in [2.75, 3.05) is 20.3 Å². The van der Waals surface area contributed by atoms with Crippen LogP contribution in [0.1, 0.15) is 25.0 Å². The second-order valence-electron chi connectivity index (χ2n) is 6.83. The van der Waals surface area contributed by atoms with Crippen LogP contribution in [0.15, 0.2) is 42.5 Å². The van der Waals surface area contributed by atoms with Gasteiger partial charge in [-0.2, -0.15) is 0 Å². The van der Waals surface area contributed by atoms with Crippen LogP contribution >= 0.6 is 0 Å². The largest absolute Gasteiger partial charge is 0.493 e. The zero-order valence-corrected chi connectivity index (χ0v) is 16.9. The highest BCUT2D eigenvalue weighted by Gasteiger charge is 2.15. The number of hydrogen-bond acceptors (Lipinski definition) is 5. The zero-order valence-electron chi connectivity index (χ0n) is 16.9. The summed E-state index contributed by atoms with van der Waals surface area (Å²) in [5.74, 6) is 1.50. The first-order valence-electron chi connectivity index (χ1n) is 9.38. The number of carbonyl (C=O) groups excluding carboxylic acids is 1. The first-order chi connectivity index (χ1) is 13.4. The molecule has 0 unspecified atom stereocenters. The molecule has 2 rings (SSSR count). The molecule has 1 amide bonds. The Morgan fingerprint density at radius 1 is 1.11 bits per heavy atom. The summed E-state index contributed by atoms with van der Waals surface area (Å²) < 4.78 is 16.5. The van der Waals surface area contributed by atoms with E-state index >= 15 is 0 Å². The number of nitrogens with one attached hydrogen (secondary N) is 1. The number of benzene rings is 2. The Morgan fingerprint density at radius 2 is 1.82 bits per heavy atom. The Morgan fingerprint density at radius 3 is 2.46 bits per heavy atom. The van der Waals surface area contributed by atoms with E-state index in [2.05, 4.69) is 5.32 Å². The molecule has 0 spiro atoms. The van der Waals surface area contributed by atoms with Gasteiger partial charge in [-0.25, -0.2) is 0 Å². The Labute approximate surface area is 166 Å². The van der Waals surface area contributed by atoms with E-state index in [9.17, 15) is 9.90 Å². The number of aliphatic hydroxyl groups excluding tert-OH is 1. The van der Waals surface area contributed by atoms with Crippen molar-refractivity contribution in [2.24, 2.45) is 0 Å². The molecule has 0 fully saturated rings. The molecule has 2 aromatic rings. The second-order valence-corrected chi connectivity index (χ2v) is 6.83. The lowest BCUT2D eigenvalue weighted by Crippen LogP contribution is -2.39. The third-order valence-electron chi connectivity index (χ3n) is 4.04. The van der Waals surface area contributed by atoms with Gasteiger partial charge in [0, 0.05) is 6.54 Å². The summed E-state index contributed by atoms with van der Waals surface area (Å²) in [6.45, 7) is 6.19. The predicted octanol–water partition coefficient (Wildman–Crippen LogP) is 2.89. The van der Waals surface area contributed by atoms with E-state index in [1.807, 2.05) is 51.1 Å². The Bertz CT molecular complexity index is 758. The SMILES string of the molecule is COc1cc(CCNC(=O)[C@@H](O)COc2ccc(C)cc2)ccc1OC(C)C. The van der Waals surface area contributed by atoms with Crippen LogP contribution in [0, 0.1) is 6.92 Å². The summed E-state index contributed by atoms with van der Waals surface area (Å²) in [6.07, 6.45) is -0.560. The van der Waals surface area contributed by atoms with Crippen molar-refractivity contribution in [3.8, 4) is 17.2 Å². The van der Waals surface area contributed by atoms with Crippen LogP contribution in [0.5, 0.6) is 17.2 Å². The van der Waals surface area contributed by atoms with Crippen molar-refractivity contribution in [1.82, 2.24) is 5.32 Å². The molecule has 0 aliphatic rings. The van der Waals surface area contributed by atoms with E-state index in [1.54, 1.807) is 19.2 Å². The number of hydrogen-bond donors (Lipinski definition) is 2. The molecule has 1 atom stereocenters. The Balaban J connectivity index is 1.78. The molecule has 0 aromatic heterocycles. The third-order valence-corrected chi connectivity index (χ3v) is 4.04. The maximum absolute atomic E-state index is 12.0. The first kappa shape index (κ1) is 21.6. The summed E-state index contributed by atoms with van der Waals surface area (Å²) in [5.41, 5.74) is 2.12. The fourth-order valence-corrected chi connectivity index (χ4v) is 2.55. The molecular weight excluding hydrogens is 358 g/mol. The van der Waals surface area contributed by atoms with E-state index in [0.29, 0.717) is 30.2 Å². The maximum atomic E-state index is 12.0. The molecule has 28 heavy (non-hydrogen) atoms. The average molecular weight is 387 g/mol. The molecule has 6 heteroatoms. The number of aliphatic hydroxyl groups is 1. The Hall–Kier alpha value is -2.73. The first-order valence-corrected chi connectivity index (χ1v) is 9.38. The minimum Gasteiger partial charge on any atom is -0.493 e. The molecule has 2 N–H and O–H groups in total. The standard InChI is InChI=1S/C22H29NO5/c1-15(2)28-20-10-7-17(13-21(20)26-4)11-12-23-22(25)19(24)14-27-18-8-5-16(3)6-9-18/h5-10,13,15,19,24H,11-12,14H2,1-4H3,(H,23,25)/t19-/m0/s1. The molecule has 0 heterocycles. The summed E-state index contributed by atoms with van der Waals surface area (Å²) in [4.78, 5) is 12.0. The van der Waals surface area contributed by atoms with Gasteiger partial charge in [-0.3, -0.25) is 4.79 Å². The van der Waals surface area contributed by atoms with E-state index < -0.39 is 12.0 Å². The number of rotatable bonds is 10. The maximum Gasteiger partial charge on any atom is 0.252 e. The molecule has 2 aromatic carbocycles. The lowest BCUT2D eigenvalue weighted by molar-refractivity contribution is -0.130. The summed E-state index contributed by atoms with van der Waals surface area (Å²) in [6, 6.07) is 13.1. The zero-order chi connectivity index (χ0) is 20.5. The number of aryl methyl sites for hydroxylation is 1. The lowest BCUT2D eigenvalue weighted by atomic mass is 10.1. The summed E-state index contributed by atoms with van der Waals surface area (Å²) in [7, 11) is 1.60. The molecule has 0 aliphatic heterocycles. The normalized spacial score (nSPS) is 11.8. The van der Waals surface area contributed by atoms with Gasteiger partial charge in [0.1, 0.15) is 12.4 Å². The quantitative estimate of drug-likeness (QED) is 0.656. The van der Waals surface area contributed by atoms with Gasteiger partial charge in [-0.05, 0) is 57.0 Å². The third kappa shape index (κ3) is 6.78. The van der Waals surface area contributed by atoms with Crippen molar-refractivity contribution < 1.29 is 24.1 Å². The molecule has 6 nitrogen and oxygen atoms in total. The smallest absolute Gasteiger partial charge is 0.252 e. The molecular formula is C22H29NO5. The van der Waals surface area contributed by atoms with Crippen LogP contribution in [0.25, 0.3) is 0 Å². The highest BCUT2D eigenvalue weighted by Crippen LogP contribution is 2.29. The second kappa shape index (κ2) is 10.6. The van der Waals surface area contributed by atoms with E-state index in [0.717, 1.165) is 11.1 Å². The molecule has 0 saturated carbocycles. The van der Waals surface area contributed by atoms with E-state index in [1.165, 1.54) is 0 Å². The average Bonchev–Trinajstić information content (AvgIpc) is 2.67. The van der Waals surface area contributed by atoms with Crippen LogP contribution in [0.3, 0.4) is 0 Å². The van der Waals surface area contributed by atoms with Crippen molar-refractivity contribution in [3.05, 3.63) is 53.6 Å². The summed E-state index contributed by atoms with van der Waals surface area (Å²) in [5, 5.41) is 12.7. The fourth-order valence-electron chi connectivity index (χ4n) is 2.55. The highest BCUT2D eigenvalue weighted by atomic mass is 16.5. The van der Waals surface area contributed by atoms with Gasteiger partial charge in [-0.15, -0.1) is 0 Å².